The second-order valence-corrected chi connectivity index (χ2v) is 4.41. The van der Waals surface area contributed by atoms with E-state index in [9.17, 15) is 4.79 Å². The Kier molecular flexibility index (Phi) is 4.58. The van der Waals surface area contributed by atoms with Gasteiger partial charge in [-0.2, -0.15) is 0 Å². The molecule has 1 aromatic rings. The lowest BCUT2D eigenvalue weighted by molar-refractivity contribution is -0.0464. The van der Waals surface area contributed by atoms with Crippen LogP contribution < -0.4 is 4.74 Å². The topological polar surface area (TPSA) is 44.8 Å². The first-order valence-electron chi connectivity index (χ1n) is 5.80. The molecule has 1 aliphatic heterocycles. The molecule has 0 spiro atoms. The standard InChI is InChI=1S/C13H15ClO4/c1-16-12-4-2-9(14)8-10(12)11(15)3-5-13-17-6-7-18-13/h2,4,8,13H,3,5-7H2,1H3. The number of ether oxygens (including phenoxy) is 3. The summed E-state index contributed by atoms with van der Waals surface area (Å²) in [7, 11) is 1.53. The van der Waals surface area contributed by atoms with Gasteiger partial charge < -0.3 is 14.2 Å². The summed E-state index contributed by atoms with van der Waals surface area (Å²) in [5, 5.41) is 0.521. The van der Waals surface area contributed by atoms with Gasteiger partial charge in [0.1, 0.15) is 5.75 Å². The van der Waals surface area contributed by atoms with Crippen LogP contribution in [-0.2, 0) is 9.47 Å². The van der Waals surface area contributed by atoms with Crippen LogP contribution in [0.15, 0.2) is 18.2 Å². The lowest BCUT2D eigenvalue weighted by Gasteiger charge is -2.10. The number of methoxy groups -OCH3 is 1. The first-order chi connectivity index (χ1) is 8.70. The highest BCUT2D eigenvalue weighted by Crippen LogP contribution is 2.25. The van der Waals surface area contributed by atoms with E-state index in [1.54, 1.807) is 18.2 Å². The Balaban J connectivity index is 2.00. The van der Waals surface area contributed by atoms with Gasteiger partial charge in [0.15, 0.2) is 12.1 Å². The number of carbonyl (C=O) groups excluding carboxylic acids is 1. The molecule has 4 nitrogen and oxygen atoms in total. The molecule has 5 heteroatoms. The van der Waals surface area contributed by atoms with Crippen LogP contribution in [0.2, 0.25) is 5.02 Å². The molecule has 0 bridgehead atoms. The molecule has 0 N–H and O–H groups in total. The van der Waals surface area contributed by atoms with E-state index in [0.717, 1.165) is 0 Å². The van der Waals surface area contributed by atoms with Crippen molar-refractivity contribution in [2.24, 2.45) is 0 Å². The molecule has 1 fully saturated rings. The number of carbonyl (C=O) groups is 1. The third-order valence-corrected chi connectivity index (χ3v) is 2.99. The molecule has 0 unspecified atom stereocenters. The van der Waals surface area contributed by atoms with Crippen molar-refractivity contribution in [2.45, 2.75) is 19.1 Å². The molecule has 0 radical (unpaired) electrons. The summed E-state index contributed by atoms with van der Waals surface area (Å²) < 4.78 is 15.7. The van der Waals surface area contributed by atoms with E-state index in [2.05, 4.69) is 0 Å². The zero-order valence-corrected chi connectivity index (χ0v) is 10.9. The SMILES string of the molecule is COc1ccc(Cl)cc1C(=O)CCC1OCCO1. The highest BCUT2D eigenvalue weighted by molar-refractivity contribution is 6.31. The Morgan fingerprint density at radius 2 is 2.17 bits per heavy atom. The number of rotatable bonds is 5. The van der Waals surface area contributed by atoms with E-state index < -0.39 is 0 Å². The minimum Gasteiger partial charge on any atom is -0.496 e. The van der Waals surface area contributed by atoms with Gasteiger partial charge in [-0.05, 0) is 18.2 Å². The Hall–Kier alpha value is -1.10. The largest absolute Gasteiger partial charge is 0.496 e. The fraction of sp³-hybridized carbons (Fsp3) is 0.462. The van der Waals surface area contributed by atoms with Crippen molar-refractivity contribution >= 4 is 17.4 Å². The summed E-state index contributed by atoms with van der Waals surface area (Å²) in [5.74, 6) is 0.520. The third-order valence-electron chi connectivity index (χ3n) is 2.76. The summed E-state index contributed by atoms with van der Waals surface area (Å²) >= 11 is 5.89. The number of ketones is 1. The summed E-state index contributed by atoms with van der Waals surface area (Å²) in [6.45, 7) is 1.19. The van der Waals surface area contributed by atoms with E-state index >= 15 is 0 Å². The van der Waals surface area contributed by atoms with Gasteiger partial charge in [0.05, 0.1) is 25.9 Å². The molecular formula is C13H15ClO4. The Labute approximate surface area is 111 Å². The van der Waals surface area contributed by atoms with Crippen molar-refractivity contribution < 1.29 is 19.0 Å². The van der Waals surface area contributed by atoms with Gasteiger partial charge in [0.25, 0.3) is 0 Å². The Bertz CT molecular complexity index is 427. The molecular weight excluding hydrogens is 256 g/mol. The highest BCUT2D eigenvalue weighted by atomic mass is 35.5. The normalized spacial score (nSPS) is 15.9. The summed E-state index contributed by atoms with van der Waals surface area (Å²) in [5.41, 5.74) is 0.503. The fourth-order valence-electron chi connectivity index (χ4n) is 1.86. The Morgan fingerprint density at radius 1 is 1.44 bits per heavy atom. The molecule has 1 aromatic carbocycles. The monoisotopic (exact) mass is 270 g/mol. The van der Waals surface area contributed by atoms with E-state index in [1.165, 1.54) is 7.11 Å². The first kappa shape index (κ1) is 13.3. The first-order valence-corrected chi connectivity index (χ1v) is 6.18. The molecule has 2 rings (SSSR count). The molecule has 0 saturated carbocycles. The lowest BCUT2D eigenvalue weighted by Crippen LogP contribution is -2.11. The minimum atomic E-state index is -0.265. The van der Waals surface area contributed by atoms with Crippen LogP contribution in [-0.4, -0.2) is 32.4 Å². The van der Waals surface area contributed by atoms with Crippen LogP contribution in [0, 0.1) is 0 Å². The van der Waals surface area contributed by atoms with Gasteiger partial charge in [-0.15, -0.1) is 0 Å². The fourth-order valence-corrected chi connectivity index (χ4v) is 2.03. The van der Waals surface area contributed by atoms with E-state index in [1.807, 2.05) is 0 Å². The van der Waals surface area contributed by atoms with E-state index in [-0.39, 0.29) is 12.1 Å². The van der Waals surface area contributed by atoms with Crippen molar-refractivity contribution in [2.75, 3.05) is 20.3 Å². The maximum atomic E-state index is 12.1. The molecule has 0 amide bonds. The van der Waals surface area contributed by atoms with Gasteiger partial charge in [-0.1, -0.05) is 11.6 Å². The number of halogens is 1. The lowest BCUT2D eigenvalue weighted by atomic mass is 10.1. The number of hydrogen-bond donors (Lipinski definition) is 0. The molecule has 1 heterocycles. The average molecular weight is 271 g/mol. The molecule has 1 saturated heterocycles. The maximum Gasteiger partial charge on any atom is 0.166 e. The van der Waals surface area contributed by atoms with Crippen molar-refractivity contribution in [1.29, 1.82) is 0 Å². The summed E-state index contributed by atoms with van der Waals surface area (Å²) in [4.78, 5) is 12.1. The predicted octanol–water partition coefficient (Wildman–Crippen LogP) is 2.68. The average Bonchev–Trinajstić information content (AvgIpc) is 2.89. The molecule has 1 aliphatic rings. The molecule has 0 atom stereocenters. The van der Waals surface area contributed by atoms with Crippen molar-refractivity contribution in [1.82, 2.24) is 0 Å². The van der Waals surface area contributed by atoms with Crippen molar-refractivity contribution in [3.05, 3.63) is 28.8 Å². The van der Waals surface area contributed by atoms with Crippen LogP contribution in [0.1, 0.15) is 23.2 Å². The smallest absolute Gasteiger partial charge is 0.166 e. The minimum absolute atomic E-state index is 0.0200. The summed E-state index contributed by atoms with van der Waals surface area (Å²) in [6, 6.07) is 5.01. The van der Waals surface area contributed by atoms with E-state index in [0.29, 0.717) is 42.4 Å². The van der Waals surface area contributed by atoms with Crippen LogP contribution >= 0.6 is 11.6 Å². The van der Waals surface area contributed by atoms with Gasteiger partial charge in [0.2, 0.25) is 0 Å². The third kappa shape index (κ3) is 3.22. The van der Waals surface area contributed by atoms with E-state index in [4.69, 9.17) is 25.8 Å². The zero-order chi connectivity index (χ0) is 13.0. The predicted molar refractivity (Wildman–Crippen MR) is 67.3 cm³/mol. The second-order valence-electron chi connectivity index (χ2n) is 3.98. The highest BCUT2D eigenvalue weighted by Gasteiger charge is 2.19. The van der Waals surface area contributed by atoms with Crippen LogP contribution in [0.25, 0.3) is 0 Å². The zero-order valence-electron chi connectivity index (χ0n) is 10.1. The number of benzene rings is 1. The Morgan fingerprint density at radius 3 is 2.83 bits per heavy atom. The second kappa shape index (κ2) is 6.18. The number of hydrogen-bond acceptors (Lipinski definition) is 4. The van der Waals surface area contributed by atoms with Crippen LogP contribution in [0.3, 0.4) is 0 Å². The van der Waals surface area contributed by atoms with Crippen LogP contribution in [0.5, 0.6) is 5.75 Å². The molecule has 18 heavy (non-hydrogen) atoms. The quantitative estimate of drug-likeness (QED) is 0.772. The van der Waals surface area contributed by atoms with Crippen molar-refractivity contribution in [3.63, 3.8) is 0 Å². The van der Waals surface area contributed by atoms with Crippen LogP contribution in [0.4, 0.5) is 0 Å². The van der Waals surface area contributed by atoms with Crippen molar-refractivity contribution in [3.8, 4) is 5.75 Å². The molecule has 98 valence electrons. The van der Waals surface area contributed by atoms with Gasteiger partial charge in [-0.25, -0.2) is 0 Å². The van der Waals surface area contributed by atoms with Gasteiger partial charge >= 0.3 is 0 Å². The maximum absolute atomic E-state index is 12.1. The van der Waals surface area contributed by atoms with Gasteiger partial charge in [0, 0.05) is 17.9 Å². The molecule has 0 aliphatic carbocycles. The number of Topliss-reactive ketones (excluding diaryl/α,β-unsaturated/α-hetero) is 1. The van der Waals surface area contributed by atoms with Gasteiger partial charge in [-0.3, -0.25) is 4.79 Å². The molecule has 0 aromatic heterocycles. The summed E-state index contributed by atoms with van der Waals surface area (Å²) in [6.07, 6.45) is 0.634.